The first-order valence-corrected chi connectivity index (χ1v) is 7.78. The highest BCUT2D eigenvalue weighted by Crippen LogP contribution is 2.24. The Morgan fingerprint density at radius 3 is 2.58 bits per heavy atom. The van der Waals surface area contributed by atoms with E-state index >= 15 is 0 Å². The minimum Gasteiger partial charge on any atom is -0.477 e. The van der Waals surface area contributed by atoms with E-state index in [1.54, 1.807) is 17.0 Å². The van der Waals surface area contributed by atoms with Gasteiger partial charge in [0.15, 0.2) is 0 Å². The summed E-state index contributed by atoms with van der Waals surface area (Å²) in [6.07, 6.45) is 1.07. The lowest BCUT2D eigenvalue weighted by atomic mass is 10.1. The SMILES string of the molecule is O=C(O)c1ccc(C(=O)N2CCOC(c3ccc(Cl)cc3)C2)cn1. The number of pyridine rings is 1. The summed E-state index contributed by atoms with van der Waals surface area (Å²) >= 11 is 5.89. The van der Waals surface area contributed by atoms with Gasteiger partial charge in [0.05, 0.1) is 18.7 Å². The molecule has 2 aromatic rings. The summed E-state index contributed by atoms with van der Waals surface area (Å²) in [7, 11) is 0. The minimum atomic E-state index is -1.12. The Kier molecular flexibility index (Phi) is 4.78. The predicted molar refractivity (Wildman–Crippen MR) is 87.2 cm³/mol. The van der Waals surface area contributed by atoms with Gasteiger partial charge in [-0.2, -0.15) is 0 Å². The number of nitrogens with zero attached hydrogens (tertiary/aromatic N) is 2. The molecule has 0 bridgehead atoms. The van der Waals surface area contributed by atoms with E-state index < -0.39 is 5.97 Å². The molecule has 1 fully saturated rings. The largest absolute Gasteiger partial charge is 0.477 e. The van der Waals surface area contributed by atoms with Crippen LogP contribution in [0.15, 0.2) is 42.6 Å². The fraction of sp³-hybridized carbons (Fsp3) is 0.235. The molecule has 2 heterocycles. The molecule has 1 aliphatic rings. The summed E-state index contributed by atoms with van der Waals surface area (Å²) in [5.41, 5.74) is 1.22. The molecule has 124 valence electrons. The number of benzene rings is 1. The van der Waals surface area contributed by atoms with Crippen LogP contribution >= 0.6 is 11.6 Å². The van der Waals surface area contributed by atoms with E-state index in [0.29, 0.717) is 30.3 Å². The zero-order chi connectivity index (χ0) is 17.1. The molecule has 1 N–H and O–H groups in total. The van der Waals surface area contributed by atoms with Gasteiger partial charge in [0.2, 0.25) is 0 Å². The Labute approximate surface area is 143 Å². The second-order valence-electron chi connectivity index (χ2n) is 5.40. The van der Waals surface area contributed by atoms with Gasteiger partial charge < -0.3 is 14.7 Å². The first-order chi connectivity index (χ1) is 11.5. The van der Waals surface area contributed by atoms with Crippen molar-refractivity contribution in [1.29, 1.82) is 0 Å². The second-order valence-corrected chi connectivity index (χ2v) is 5.84. The third-order valence-corrected chi connectivity index (χ3v) is 4.08. The van der Waals surface area contributed by atoms with Crippen LogP contribution in [0.1, 0.15) is 32.5 Å². The summed E-state index contributed by atoms with van der Waals surface area (Å²) in [5.74, 6) is -1.31. The van der Waals surface area contributed by atoms with Crippen molar-refractivity contribution >= 4 is 23.5 Å². The number of carboxylic acid groups (broad SMARTS) is 1. The number of ether oxygens (including phenoxy) is 1. The maximum atomic E-state index is 12.6. The normalized spacial score (nSPS) is 17.5. The van der Waals surface area contributed by atoms with E-state index in [0.717, 1.165) is 5.56 Å². The minimum absolute atomic E-state index is 0.0902. The molecule has 0 saturated carbocycles. The number of aromatic carboxylic acids is 1. The van der Waals surface area contributed by atoms with Gasteiger partial charge in [-0.15, -0.1) is 0 Å². The zero-order valence-electron chi connectivity index (χ0n) is 12.7. The quantitative estimate of drug-likeness (QED) is 0.924. The Hall–Kier alpha value is -2.44. The van der Waals surface area contributed by atoms with E-state index in [9.17, 15) is 9.59 Å². The fourth-order valence-corrected chi connectivity index (χ4v) is 2.67. The summed E-state index contributed by atoms with van der Waals surface area (Å²) in [6.45, 7) is 1.32. The zero-order valence-corrected chi connectivity index (χ0v) is 13.4. The molecular weight excluding hydrogens is 332 g/mol. The van der Waals surface area contributed by atoms with Crippen LogP contribution in [0.25, 0.3) is 0 Å². The van der Waals surface area contributed by atoms with Crippen LogP contribution in [-0.4, -0.2) is 46.6 Å². The van der Waals surface area contributed by atoms with Gasteiger partial charge in [-0.3, -0.25) is 4.79 Å². The van der Waals surface area contributed by atoms with Crippen LogP contribution in [0.4, 0.5) is 0 Å². The highest BCUT2D eigenvalue weighted by Gasteiger charge is 2.26. The molecule has 1 unspecified atom stereocenters. The van der Waals surface area contributed by atoms with Gasteiger partial charge >= 0.3 is 5.97 Å². The van der Waals surface area contributed by atoms with Crippen molar-refractivity contribution in [3.05, 3.63) is 64.4 Å². The average molecular weight is 347 g/mol. The van der Waals surface area contributed by atoms with Gasteiger partial charge in [0.25, 0.3) is 5.91 Å². The van der Waals surface area contributed by atoms with E-state index in [4.69, 9.17) is 21.4 Å². The van der Waals surface area contributed by atoms with Crippen molar-refractivity contribution in [3.63, 3.8) is 0 Å². The Balaban J connectivity index is 1.72. The van der Waals surface area contributed by atoms with E-state index in [1.807, 2.05) is 12.1 Å². The van der Waals surface area contributed by atoms with Crippen molar-refractivity contribution in [3.8, 4) is 0 Å². The van der Waals surface area contributed by atoms with Crippen molar-refractivity contribution in [2.24, 2.45) is 0 Å². The monoisotopic (exact) mass is 346 g/mol. The highest BCUT2D eigenvalue weighted by atomic mass is 35.5. The van der Waals surface area contributed by atoms with Gasteiger partial charge in [0, 0.05) is 17.8 Å². The van der Waals surface area contributed by atoms with E-state index in [1.165, 1.54) is 18.3 Å². The van der Waals surface area contributed by atoms with Gasteiger partial charge in [-0.05, 0) is 29.8 Å². The van der Waals surface area contributed by atoms with Gasteiger partial charge in [0.1, 0.15) is 11.8 Å². The Bertz CT molecular complexity index is 746. The second kappa shape index (κ2) is 6.98. The molecule has 0 spiro atoms. The van der Waals surface area contributed by atoms with Gasteiger partial charge in [-0.25, -0.2) is 9.78 Å². The third kappa shape index (κ3) is 3.55. The van der Waals surface area contributed by atoms with E-state index in [2.05, 4.69) is 4.98 Å². The van der Waals surface area contributed by atoms with Crippen molar-refractivity contribution < 1.29 is 19.4 Å². The van der Waals surface area contributed by atoms with Crippen LogP contribution in [-0.2, 0) is 4.74 Å². The molecule has 1 aliphatic heterocycles. The van der Waals surface area contributed by atoms with Crippen LogP contribution in [0.3, 0.4) is 0 Å². The maximum Gasteiger partial charge on any atom is 0.354 e. The Morgan fingerprint density at radius 1 is 1.21 bits per heavy atom. The summed E-state index contributed by atoms with van der Waals surface area (Å²) in [4.78, 5) is 28.9. The summed E-state index contributed by atoms with van der Waals surface area (Å²) in [6, 6.07) is 10.1. The molecule has 1 aromatic carbocycles. The summed E-state index contributed by atoms with van der Waals surface area (Å²) in [5, 5.41) is 9.50. The number of halogens is 1. The lowest BCUT2D eigenvalue weighted by Gasteiger charge is -2.33. The first-order valence-electron chi connectivity index (χ1n) is 7.40. The fourth-order valence-electron chi connectivity index (χ4n) is 2.54. The molecule has 0 radical (unpaired) electrons. The number of hydrogen-bond donors (Lipinski definition) is 1. The molecule has 7 heteroatoms. The topological polar surface area (TPSA) is 79.7 Å². The maximum absolute atomic E-state index is 12.6. The molecule has 1 aromatic heterocycles. The van der Waals surface area contributed by atoms with Crippen LogP contribution < -0.4 is 0 Å². The predicted octanol–water partition coefficient (Wildman–Crippen LogP) is 2.65. The number of morpholine rings is 1. The number of carboxylic acids is 1. The van der Waals surface area contributed by atoms with E-state index in [-0.39, 0.29) is 17.7 Å². The van der Waals surface area contributed by atoms with Crippen molar-refractivity contribution in [2.45, 2.75) is 6.10 Å². The number of hydrogen-bond acceptors (Lipinski definition) is 4. The first kappa shape index (κ1) is 16.4. The summed E-state index contributed by atoms with van der Waals surface area (Å²) < 4.78 is 5.74. The van der Waals surface area contributed by atoms with Crippen LogP contribution in [0.2, 0.25) is 5.02 Å². The van der Waals surface area contributed by atoms with Crippen LogP contribution in [0.5, 0.6) is 0 Å². The molecule has 1 saturated heterocycles. The molecule has 1 atom stereocenters. The molecular formula is C17H15ClN2O4. The van der Waals surface area contributed by atoms with Crippen LogP contribution in [0, 0.1) is 0 Å². The number of aromatic nitrogens is 1. The van der Waals surface area contributed by atoms with Crippen molar-refractivity contribution in [1.82, 2.24) is 9.88 Å². The molecule has 6 nitrogen and oxygen atoms in total. The highest BCUT2D eigenvalue weighted by molar-refractivity contribution is 6.30. The number of rotatable bonds is 3. The number of carbonyl (C=O) groups excluding carboxylic acids is 1. The number of carbonyl (C=O) groups is 2. The van der Waals surface area contributed by atoms with Crippen molar-refractivity contribution in [2.75, 3.05) is 19.7 Å². The molecule has 24 heavy (non-hydrogen) atoms. The smallest absolute Gasteiger partial charge is 0.354 e. The Morgan fingerprint density at radius 2 is 1.96 bits per heavy atom. The van der Waals surface area contributed by atoms with Gasteiger partial charge in [-0.1, -0.05) is 23.7 Å². The lowest BCUT2D eigenvalue weighted by Crippen LogP contribution is -2.42. The molecule has 0 aliphatic carbocycles. The molecule has 3 rings (SSSR count). The molecule has 1 amide bonds. The number of amides is 1. The average Bonchev–Trinajstić information content (AvgIpc) is 2.62. The third-order valence-electron chi connectivity index (χ3n) is 3.83. The standard InChI is InChI=1S/C17H15ClN2O4/c18-13-4-1-11(2-5-13)15-10-20(7-8-24-15)16(21)12-3-6-14(17(22)23)19-9-12/h1-6,9,15H,7-8,10H2,(H,22,23). The lowest BCUT2D eigenvalue weighted by molar-refractivity contribution is -0.0228.